The average molecular weight is 277 g/mol. The van der Waals surface area contributed by atoms with Crippen LogP contribution in [0.15, 0.2) is 30.3 Å². The quantitative estimate of drug-likeness (QED) is 0.764. The smallest absolute Gasteiger partial charge is 0.261 e. The van der Waals surface area contributed by atoms with Gasteiger partial charge in [0.2, 0.25) is 0 Å². The molecule has 3 nitrogen and oxygen atoms in total. The van der Waals surface area contributed by atoms with E-state index in [1.165, 1.54) is 11.3 Å². The summed E-state index contributed by atoms with van der Waals surface area (Å²) in [4.78, 5) is 12.7. The second-order valence-electron chi connectivity index (χ2n) is 4.54. The number of hydrogen-bond acceptors (Lipinski definition) is 3. The first-order valence-corrected chi connectivity index (χ1v) is 7.50. The lowest BCUT2D eigenvalue weighted by Crippen LogP contribution is -2.23. The number of benzene rings is 1. The third-order valence-corrected chi connectivity index (χ3v) is 4.13. The summed E-state index contributed by atoms with van der Waals surface area (Å²) in [7, 11) is 0. The van der Waals surface area contributed by atoms with Crippen molar-refractivity contribution >= 4 is 27.3 Å². The van der Waals surface area contributed by atoms with E-state index >= 15 is 0 Å². The number of carbonyl (C=O) groups is 1. The summed E-state index contributed by atoms with van der Waals surface area (Å²) in [6.45, 7) is 0.965. The first-order chi connectivity index (χ1) is 9.31. The Bertz CT molecular complexity index is 503. The molecule has 19 heavy (non-hydrogen) atoms. The van der Waals surface area contributed by atoms with E-state index in [-0.39, 0.29) is 12.5 Å². The van der Waals surface area contributed by atoms with Crippen LogP contribution in [0.2, 0.25) is 0 Å². The second kappa shape index (κ2) is 7.26. The lowest BCUT2D eigenvalue weighted by atomic mass is 10.2. The van der Waals surface area contributed by atoms with Crippen LogP contribution in [0.1, 0.15) is 35.4 Å². The molecule has 0 aliphatic rings. The van der Waals surface area contributed by atoms with Crippen molar-refractivity contribution in [3.8, 4) is 0 Å². The Hall–Kier alpha value is -1.39. The minimum Gasteiger partial charge on any atom is -0.396 e. The molecule has 1 aromatic heterocycles. The summed E-state index contributed by atoms with van der Waals surface area (Å²) in [6, 6.07) is 9.98. The van der Waals surface area contributed by atoms with Gasteiger partial charge in [-0.15, -0.1) is 11.3 Å². The number of hydrogen-bond donors (Lipinski definition) is 2. The zero-order valence-corrected chi connectivity index (χ0v) is 11.7. The monoisotopic (exact) mass is 277 g/mol. The van der Waals surface area contributed by atoms with Crippen molar-refractivity contribution in [2.75, 3.05) is 13.2 Å². The number of nitrogens with one attached hydrogen (secondary N) is 1. The number of amides is 1. The van der Waals surface area contributed by atoms with Gasteiger partial charge in [0.05, 0.1) is 4.88 Å². The van der Waals surface area contributed by atoms with Gasteiger partial charge in [-0.2, -0.15) is 0 Å². The van der Waals surface area contributed by atoms with Crippen LogP contribution in [-0.2, 0) is 0 Å². The maximum absolute atomic E-state index is 12.0. The van der Waals surface area contributed by atoms with E-state index in [0.717, 1.165) is 40.6 Å². The molecule has 102 valence electrons. The third-order valence-electron chi connectivity index (χ3n) is 3.02. The molecule has 0 fully saturated rings. The Morgan fingerprint density at radius 1 is 1.16 bits per heavy atom. The van der Waals surface area contributed by atoms with Gasteiger partial charge >= 0.3 is 0 Å². The van der Waals surface area contributed by atoms with Crippen LogP contribution in [-0.4, -0.2) is 24.2 Å². The molecule has 0 spiro atoms. The molecule has 1 heterocycles. The molecular weight excluding hydrogens is 258 g/mol. The second-order valence-corrected chi connectivity index (χ2v) is 5.63. The minimum absolute atomic E-state index is 0.0170. The van der Waals surface area contributed by atoms with Gasteiger partial charge in [-0.3, -0.25) is 4.79 Å². The molecule has 0 bridgehead atoms. The van der Waals surface area contributed by atoms with E-state index < -0.39 is 0 Å². The van der Waals surface area contributed by atoms with E-state index in [1.54, 1.807) is 0 Å². The number of carbonyl (C=O) groups excluding carboxylic acids is 1. The van der Waals surface area contributed by atoms with Crippen molar-refractivity contribution in [3.63, 3.8) is 0 Å². The summed E-state index contributed by atoms with van der Waals surface area (Å²) in [5.41, 5.74) is 0. The average Bonchev–Trinajstić information content (AvgIpc) is 2.86. The summed E-state index contributed by atoms with van der Waals surface area (Å²) < 4.78 is 1.15. The largest absolute Gasteiger partial charge is 0.396 e. The molecule has 1 amide bonds. The van der Waals surface area contributed by atoms with Crippen LogP contribution < -0.4 is 5.32 Å². The van der Waals surface area contributed by atoms with E-state index in [1.807, 2.05) is 30.3 Å². The Morgan fingerprint density at radius 2 is 1.95 bits per heavy atom. The van der Waals surface area contributed by atoms with Crippen LogP contribution >= 0.6 is 11.3 Å². The molecule has 0 aliphatic heterocycles. The highest BCUT2D eigenvalue weighted by Gasteiger charge is 2.08. The Balaban J connectivity index is 1.79. The van der Waals surface area contributed by atoms with Crippen molar-refractivity contribution < 1.29 is 9.90 Å². The molecule has 2 rings (SSSR count). The van der Waals surface area contributed by atoms with Crippen molar-refractivity contribution in [1.29, 1.82) is 0 Å². The van der Waals surface area contributed by atoms with E-state index in [9.17, 15) is 4.79 Å². The molecular formula is C15H19NO2S. The highest BCUT2D eigenvalue weighted by Crippen LogP contribution is 2.24. The Kier molecular flexibility index (Phi) is 5.36. The standard InChI is InChI=1S/C15H19NO2S/c17-10-6-2-1-5-9-16-15(18)14-11-12-7-3-4-8-13(12)19-14/h3-4,7-8,11,17H,1-2,5-6,9-10H2,(H,16,18). The molecule has 4 heteroatoms. The van der Waals surface area contributed by atoms with E-state index in [2.05, 4.69) is 5.32 Å². The lowest BCUT2D eigenvalue weighted by molar-refractivity contribution is 0.0957. The number of thiophene rings is 1. The highest BCUT2D eigenvalue weighted by atomic mass is 32.1. The van der Waals surface area contributed by atoms with Gasteiger partial charge < -0.3 is 10.4 Å². The highest BCUT2D eigenvalue weighted by molar-refractivity contribution is 7.20. The zero-order valence-electron chi connectivity index (χ0n) is 10.9. The predicted octanol–water partition coefficient (Wildman–Crippen LogP) is 3.18. The van der Waals surface area contributed by atoms with Crippen molar-refractivity contribution in [2.45, 2.75) is 25.7 Å². The Morgan fingerprint density at radius 3 is 2.74 bits per heavy atom. The number of aliphatic hydroxyl groups excluding tert-OH is 1. The molecule has 0 unspecified atom stereocenters. The fraction of sp³-hybridized carbons (Fsp3) is 0.400. The first kappa shape index (κ1) is 14.0. The Labute approximate surface area is 117 Å². The van der Waals surface area contributed by atoms with Gasteiger partial charge in [0.15, 0.2) is 0 Å². The molecule has 0 aliphatic carbocycles. The van der Waals surface area contributed by atoms with Gasteiger partial charge in [0.25, 0.3) is 5.91 Å². The number of fused-ring (bicyclic) bond motifs is 1. The summed E-state index contributed by atoms with van der Waals surface area (Å²) >= 11 is 1.53. The van der Waals surface area contributed by atoms with Crippen molar-refractivity contribution in [2.24, 2.45) is 0 Å². The first-order valence-electron chi connectivity index (χ1n) is 6.69. The van der Waals surface area contributed by atoms with Crippen LogP contribution in [0.5, 0.6) is 0 Å². The van der Waals surface area contributed by atoms with Gasteiger partial charge in [0, 0.05) is 17.9 Å². The van der Waals surface area contributed by atoms with Gasteiger partial charge in [0.1, 0.15) is 0 Å². The van der Waals surface area contributed by atoms with Gasteiger partial charge in [-0.1, -0.05) is 31.0 Å². The summed E-state index contributed by atoms with van der Waals surface area (Å²) in [5, 5.41) is 12.7. The number of aliphatic hydroxyl groups is 1. The molecule has 0 atom stereocenters. The molecule has 0 saturated carbocycles. The van der Waals surface area contributed by atoms with Crippen molar-refractivity contribution in [1.82, 2.24) is 5.32 Å². The van der Waals surface area contributed by atoms with Gasteiger partial charge in [-0.05, 0) is 30.4 Å². The SMILES string of the molecule is O=C(NCCCCCCO)c1cc2ccccc2s1. The normalized spacial score (nSPS) is 10.8. The molecule has 1 aromatic carbocycles. The molecule has 2 aromatic rings. The number of rotatable bonds is 7. The van der Waals surface area contributed by atoms with Gasteiger partial charge in [-0.25, -0.2) is 0 Å². The van der Waals surface area contributed by atoms with Crippen LogP contribution in [0.25, 0.3) is 10.1 Å². The molecule has 0 radical (unpaired) electrons. The topological polar surface area (TPSA) is 49.3 Å². The summed E-state index contributed by atoms with van der Waals surface area (Å²) in [5.74, 6) is 0.0170. The van der Waals surface area contributed by atoms with Crippen LogP contribution in [0.4, 0.5) is 0 Å². The fourth-order valence-electron chi connectivity index (χ4n) is 1.97. The molecule has 2 N–H and O–H groups in total. The third kappa shape index (κ3) is 4.04. The minimum atomic E-state index is 0.0170. The maximum atomic E-state index is 12.0. The predicted molar refractivity (Wildman–Crippen MR) is 79.7 cm³/mol. The number of unbranched alkanes of at least 4 members (excludes halogenated alkanes) is 3. The zero-order chi connectivity index (χ0) is 13.5. The fourth-order valence-corrected chi connectivity index (χ4v) is 2.95. The van der Waals surface area contributed by atoms with Crippen LogP contribution in [0, 0.1) is 0 Å². The van der Waals surface area contributed by atoms with E-state index in [4.69, 9.17) is 5.11 Å². The molecule has 0 saturated heterocycles. The van der Waals surface area contributed by atoms with Crippen molar-refractivity contribution in [3.05, 3.63) is 35.2 Å². The van der Waals surface area contributed by atoms with E-state index in [0.29, 0.717) is 6.54 Å². The lowest BCUT2D eigenvalue weighted by Gasteiger charge is -2.02. The van der Waals surface area contributed by atoms with Crippen LogP contribution in [0.3, 0.4) is 0 Å². The maximum Gasteiger partial charge on any atom is 0.261 e. The summed E-state index contributed by atoms with van der Waals surface area (Å²) in [6.07, 6.45) is 3.89.